The van der Waals surface area contributed by atoms with E-state index < -0.39 is 6.03 Å². The molecule has 2 aromatic rings. The Morgan fingerprint density at radius 3 is 2.34 bits per heavy atom. The standard InChI is InChI=1S/C24H31FN4O3/c25-22-18-20(6-9-23(22)29-10-2-1-3-11-29)27-24(30)26-19-4-7-21(8-5-19)32-17-14-28-12-15-31-16-13-28/h4-9,18H,1-3,10-17H2,(H2,26,27,30). The summed E-state index contributed by atoms with van der Waals surface area (Å²) in [7, 11) is 0. The Kier molecular flexibility index (Phi) is 7.79. The van der Waals surface area contributed by atoms with Gasteiger partial charge in [0.2, 0.25) is 0 Å². The van der Waals surface area contributed by atoms with Crippen molar-refractivity contribution >= 4 is 23.1 Å². The van der Waals surface area contributed by atoms with Gasteiger partial charge in [-0.25, -0.2) is 9.18 Å². The minimum Gasteiger partial charge on any atom is -0.492 e. The molecule has 8 heteroatoms. The lowest BCUT2D eigenvalue weighted by atomic mass is 10.1. The molecule has 0 spiro atoms. The third-order valence-corrected chi connectivity index (χ3v) is 5.79. The molecule has 0 unspecified atom stereocenters. The van der Waals surface area contributed by atoms with Gasteiger partial charge >= 0.3 is 6.03 Å². The normalized spacial score (nSPS) is 17.1. The number of hydrogen-bond donors (Lipinski definition) is 2. The maximum Gasteiger partial charge on any atom is 0.323 e. The minimum absolute atomic E-state index is 0.316. The number of hydrogen-bond acceptors (Lipinski definition) is 5. The van der Waals surface area contributed by atoms with Crippen molar-refractivity contribution in [2.45, 2.75) is 19.3 Å². The highest BCUT2D eigenvalue weighted by molar-refractivity contribution is 5.99. The number of urea groups is 1. The number of carbonyl (C=O) groups excluding carboxylic acids is 1. The summed E-state index contributed by atoms with van der Waals surface area (Å²) in [6, 6.07) is 11.6. The number of anilines is 3. The van der Waals surface area contributed by atoms with Crippen molar-refractivity contribution in [2.24, 2.45) is 0 Å². The second-order valence-electron chi connectivity index (χ2n) is 8.12. The van der Waals surface area contributed by atoms with Crippen LogP contribution in [0.4, 0.5) is 26.2 Å². The van der Waals surface area contributed by atoms with Gasteiger partial charge < -0.3 is 25.0 Å². The number of nitrogens with one attached hydrogen (secondary N) is 2. The number of nitrogens with zero attached hydrogens (tertiary/aromatic N) is 2. The summed E-state index contributed by atoms with van der Waals surface area (Å²) in [5.74, 6) is 0.433. The van der Waals surface area contributed by atoms with Crippen molar-refractivity contribution in [3.63, 3.8) is 0 Å². The van der Waals surface area contributed by atoms with Gasteiger partial charge in [0.1, 0.15) is 18.2 Å². The van der Waals surface area contributed by atoms with E-state index in [1.54, 1.807) is 24.3 Å². The molecule has 4 rings (SSSR count). The van der Waals surface area contributed by atoms with E-state index in [2.05, 4.69) is 20.4 Å². The number of benzene rings is 2. The lowest BCUT2D eigenvalue weighted by Crippen LogP contribution is -2.38. The van der Waals surface area contributed by atoms with Gasteiger partial charge in [-0.2, -0.15) is 0 Å². The van der Waals surface area contributed by atoms with Crippen LogP contribution in [0.5, 0.6) is 5.75 Å². The number of carbonyl (C=O) groups is 1. The van der Waals surface area contributed by atoms with Crippen LogP contribution in [0.15, 0.2) is 42.5 Å². The molecule has 2 aliphatic rings. The Morgan fingerprint density at radius 2 is 1.62 bits per heavy atom. The Balaban J connectivity index is 1.23. The summed E-state index contributed by atoms with van der Waals surface area (Å²) < 4.78 is 25.7. The molecule has 0 radical (unpaired) electrons. The SMILES string of the molecule is O=C(Nc1ccc(OCCN2CCOCC2)cc1)Nc1ccc(N2CCCCC2)c(F)c1. The quantitative estimate of drug-likeness (QED) is 0.674. The zero-order valence-corrected chi connectivity index (χ0v) is 18.3. The first-order chi connectivity index (χ1) is 15.7. The van der Waals surface area contributed by atoms with E-state index in [1.165, 1.54) is 12.5 Å². The molecule has 0 bridgehead atoms. The Bertz CT molecular complexity index is 881. The second kappa shape index (κ2) is 11.2. The van der Waals surface area contributed by atoms with E-state index in [0.29, 0.717) is 23.7 Å². The van der Waals surface area contributed by atoms with Crippen molar-refractivity contribution in [1.82, 2.24) is 4.90 Å². The molecule has 32 heavy (non-hydrogen) atoms. The average molecular weight is 443 g/mol. The monoisotopic (exact) mass is 442 g/mol. The Labute approximate surface area is 188 Å². The van der Waals surface area contributed by atoms with Gasteiger partial charge in [0, 0.05) is 44.1 Å². The lowest BCUT2D eigenvalue weighted by molar-refractivity contribution is 0.0322. The average Bonchev–Trinajstić information content (AvgIpc) is 2.81. The van der Waals surface area contributed by atoms with Crippen LogP contribution in [0.3, 0.4) is 0 Å². The van der Waals surface area contributed by atoms with E-state index in [1.807, 2.05) is 12.1 Å². The lowest BCUT2D eigenvalue weighted by Gasteiger charge is -2.29. The Morgan fingerprint density at radius 1 is 0.938 bits per heavy atom. The first-order valence-electron chi connectivity index (χ1n) is 11.3. The molecule has 2 saturated heterocycles. The van der Waals surface area contributed by atoms with Crippen LogP contribution in [0.1, 0.15) is 19.3 Å². The Hall–Kier alpha value is -2.84. The van der Waals surface area contributed by atoms with Crippen LogP contribution >= 0.6 is 0 Å². The van der Waals surface area contributed by atoms with Crippen molar-refractivity contribution in [3.8, 4) is 5.75 Å². The third-order valence-electron chi connectivity index (χ3n) is 5.79. The van der Waals surface area contributed by atoms with E-state index in [0.717, 1.165) is 64.5 Å². The number of rotatable bonds is 7. The molecule has 2 aliphatic heterocycles. The summed E-state index contributed by atoms with van der Waals surface area (Å²) in [6.07, 6.45) is 3.36. The van der Waals surface area contributed by atoms with E-state index >= 15 is 0 Å². The molecule has 2 aromatic carbocycles. The summed E-state index contributed by atoms with van der Waals surface area (Å²) in [5, 5.41) is 5.45. The predicted molar refractivity (Wildman–Crippen MR) is 124 cm³/mol. The number of ether oxygens (including phenoxy) is 2. The highest BCUT2D eigenvalue weighted by Gasteiger charge is 2.15. The second-order valence-corrected chi connectivity index (χ2v) is 8.12. The minimum atomic E-state index is -0.420. The van der Waals surface area contributed by atoms with Gasteiger partial charge in [0.05, 0.1) is 18.9 Å². The summed E-state index contributed by atoms with van der Waals surface area (Å²) in [5.41, 5.74) is 1.65. The maximum absolute atomic E-state index is 14.5. The molecule has 0 aromatic heterocycles. The third kappa shape index (κ3) is 6.34. The van der Waals surface area contributed by atoms with Gasteiger partial charge in [-0.15, -0.1) is 0 Å². The van der Waals surface area contributed by atoms with Crippen LogP contribution in [0, 0.1) is 5.82 Å². The number of piperidine rings is 1. The van der Waals surface area contributed by atoms with Gasteiger partial charge in [-0.3, -0.25) is 4.90 Å². The molecule has 2 amide bonds. The van der Waals surface area contributed by atoms with Gasteiger partial charge in [-0.05, 0) is 61.7 Å². The molecule has 2 N–H and O–H groups in total. The fourth-order valence-electron chi connectivity index (χ4n) is 4.02. The first kappa shape index (κ1) is 22.4. The zero-order chi connectivity index (χ0) is 22.2. The van der Waals surface area contributed by atoms with E-state index in [9.17, 15) is 9.18 Å². The van der Waals surface area contributed by atoms with Gasteiger partial charge in [0.15, 0.2) is 0 Å². The molecular formula is C24H31FN4O3. The zero-order valence-electron chi connectivity index (χ0n) is 18.3. The topological polar surface area (TPSA) is 66.1 Å². The highest BCUT2D eigenvalue weighted by Crippen LogP contribution is 2.26. The summed E-state index contributed by atoms with van der Waals surface area (Å²) >= 11 is 0. The molecular weight excluding hydrogens is 411 g/mol. The first-order valence-corrected chi connectivity index (χ1v) is 11.3. The van der Waals surface area contributed by atoms with Gasteiger partial charge in [0.25, 0.3) is 0 Å². The van der Waals surface area contributed by atoms with Crippen LogP contribution in [-0.2, 0) is 4.74 Å². The van der Waals surface area contributed by atoms with E-state index in [4.69, 9.17) is 9.47 Å². The van der Waals surface area contributed by atoms with Crippen LogP contribution in [0.2, 0.25) is 0 Å². The largest absolute Gasteiger partial charge is 0.492 e. The summed E-state index contributed by atoms with van der Waals surface area (Å²) in [4.78, 5) is 16.7. The maximum atomic E-state index is 14.5. The van der Waals surface area contributed by atoms with Crippen molar-refractivity contribution in [1.29, 1.82) is 0 Å². The van der Waals surface area contributed by atoms with Crippen molar-refractivity contribution in [2.75, 3.05) is 68.1 Å². The number of halogens is 1. The molecule has 0 saturated carbocycles. The molecule has 2 heterocycles. The molecule has 7 nitrogen and oxygen atoms in total. The van der Waals surface area contributed by atoms with Crippen molar-refractivity contribution in [3.05, 3.63) is 48.3 Å². The van der Waals surface area contributed by atoms with Gasteiger partial charge in [-0.1, -0.05) is 0 Å². The molecule has 0 atom stereocenters. The van der Waals surface area contributed by atoms with Crippen molar-refractivity contribution < 1.29 is 18.7 Å². The summed E-state index contributed by atoms with van der Waals surface area (Å²) in [6.45, 7) is 6.63. The molecule has 2 fully saturated rings. The number of amides is 2. The predicted octanol–water partition coefficient (Wildman–Crippen LogP) is 4.17. The smallest absolute Gasteiger partial charge is 0.323 e. The van der Waals surface area contributed by atoms with Crippen LogP contribution < -0.4 is 20.3 Å². The van der Waals surface area contributed by atoms with Crippen LogP contribution in [-0.4, -0.2) is 63.5 Å². The fraction of sp³-hybridized carbons (Fsp3) is 0.458. The van der Waals surface area contributed by atoms with E-state index in [-0.39, 0.29) is 5.82 Å². The number of morpholine rings is 1. The molecule has 172 valence electrons. The molecule has 0 aliphatic carbocycles. The fourth-order valence-corrected chi connectivity index (χ4v) is 4.02. The van der Waals surface area contributed by atoms with Crippen LogP contribution in [0.25, 0.3) is 0 Å². The highest BCUT2D eigenvalue weighted by atomic mass is 19.1.